The third kappa shape index (κ3) is 5.09. The molecule has 1 heterocycles. The van der Waals surface area contributed by atoms with Crippen molar-refractivity contribution in [1.82, 2.24) is 15.2 Å². The zero-order valence-electron chi connectivity index (χ0n) is 14.5. The monoisotopic (exact) mass is 331 g/mol. The summed E-state index contributed by atoms with van der Waals surface area (Å²) < 4.78 is 5.15. The van der Waals surface area contributed by atoms with Crippen LogP contribution in [0.15, 0.2) is 29.1 Å². The zero-order valence-corrected chi connectivity index (χ0v) is 14.5. The van der Waals surface area contributed by atoms with Gasteiger partial charge in [0.2, 0.25) is 5.91 Å². The molecule has 0 aliphatic heterocycles. The van der Waals surface area contributed by atoms with Gasteiger partial charge in [-0.25, -0.2) is 0 Å². The van der Waals surface area contributed by atoms with Crippen LogP contribution in [0.1, 0.15) is 18.4 Å². The molecule has 1 amide bonds. The van der Waals surface area contributed by atoms with Gasteiger partial charge >= 0.3 is 0 Å². The molecule has 0 saturated heterocycles. The minimum absolute atomic E-state index is 0.0250. The molecule has 2 N–H and O–H groups in total. The van der Waals surface area contributed by atoms with Crippen LogP contribution in [0.3, 0.4) is 0 Å². The fourth-order valence-corrected chi connectivity index (χ4v) is 2.50. The van der Waals surface area contributed by atoms with Crippen LogP contribution in [0, 0.1) is 0 Å². The third-order valence-electron chi connectivity index (χ3n) is 3.86. The number of rotatable bonds is 8. The number of benzene rings is 1. The quantitative estimate of drug-likeness (QED) is 0.720. The number of amides is 1. The summed E-state index contributed by atoms with van der Waals surface area (Å²) in [5, 5.41) is 3.81. The van der Waals surface area contributed by atoms with Crippen molar-refractivity contribution in [3.05, 3.63) is 40.2 Å². The number of hydrogen-bond donors (Lipinski definition) is 2. The molecule has 0 aliphatic carbocycles. The molecule has 1 aromatic heterocycles. The number of ether oxygens (including phenoxy) is 1. The van der Waals surface area contributed by atoms with E-state index in [-0.39, 0.29) is 11.5 Å². The molecular formula is C18H25N3O3. The lowest BCUT2D eigenvalue weighted by Gasteiger charge is -2.10. The predicted molar refractivity (Wildman–Crippen MR) is 95.6 cm³/mol. The second-order valence-electron chi connectivity index (χ2n) is 6.08. The Morgan fingerprint density at radius 3 is 2.79 bits per heavy atom. The van der Waals surface area contributed by atoms with Gasteiger partial charge in [-0.05, 0) is 57.1 Å². The average molecular weight is 331 g/mol. The number of H-pyrrole nitrogens is 1. The highest BCUT2D eigenvalue weighted by atomic mass is 16.5. The Hall–Kier alpha value is -2.34. The second kappa shape index (κ2) is 8.49. The lowest BCUT2D eigenvalue weighted by Crippen LogP contribution is -2.27. The van der Waals surface area contributed by atoms with E-state index in [1.165, 1.54) is 0 Å². The van der Waals surface area contributed by atoms with Gasteiger partial charge in [0.15, 0.2) is 0 Å². The Morgan fingerprint density at radius 2 is 2.08 bits per heavy atom. The number of nitrogens with zero attached hydrogens (tertiary/aromatic N) is 1. The molecule has 130 valence electrons. The number of methoxy groups -OCH3 is 1. The Bertz CT molecular complexity index is 753. The van der Waals surface area contributed by atoms with E-state index in [9.17, 15) is 9.59 Å². The average Bonchev–Trinajstić information content (AvgIpc) is 2.56. The summed E-state index contributed by atoms with van der Waals surface area (Å²) in [5.41, 5.74) is 1.20. The number of carbonyl (C=O) groups is 1. The predicted octanol–water partition coefficient (Wildman–Crippen LogP) is 1.54. The molecule has 0 saturated carbocycles. The molecule has 2 aromatic rings. The summed E-state index contributed by atoms with van der Waals surface area (Å²) in [7, 11) is 5.59. The van der Waals surface area contributed by atoms with Crippen molar-refractivity contribution in [2.45, 2.75) is 19.3 Å². The van der Waals surface area contributed by atoms with Crippen molar-refractivity contribution in [3.8, 4) is 5.75 Å². The van der Waals surface area contributed by atoms with Crippen LogP contribution in [0.25, 0.3) is 10.9 Å². The topological polar surface area (TPSA) is 74.4 Å². The first kappa shape index (κ1) is 18.0. The van der Waals surface area contributed by atoms with Crippen molar-refractivity contribution in [3.63, 3.8) is 0 Å². The first-order chi connectivity index (χ1) is 11.5. The van der Waals surface area contributed by atoms with Crippen LogP contribution in [-0.4, -0.2) is 50.1 Å². The van der Waals surface area contributed by atoms with E-state index in [0.717, 1.165) is 23.9 Å². The summed E-state index contributed by atoms with van der Waals surface area (Å²) in [5.74, 6) is 0.672. The maximum absolute atomic E-state index is 12.1. The number of fused-ring (bicyclic) bond motifs is 1. The van der Waals surface area contributed by atoms with Crippen molar-refractivity contribution in [1.29, 1.82) is 0 Å². The molecule has 0 fully saturated rings. The first-order valence-corrected chi connectivity index (χ1v) is 8.11. The largest absolute Gasteiger partial charge is 0.497 e. The summed E-state index contributed by atoms with van der Waals surface area (Å²) in [4.78, 5) is 28.9. The van der Waals surface area contributed by atoms with Crippen molar-refractivity contribution in [2.24, 2.45) is 0 Å². The first-order valence-electron chi connectivity index (χ1n) is 8.11. The van der Waals surface area contributed by atoms with Crippen molar-refractivity contribution >= 4 is 16.8 Å². The lowest BCUT2D eigenvalue weighted by atomic mass is 10.1. The maximum atomic E-state index is 12.1. The highest BCUT2D eigenvalue weighted by Crippen LogP contribution is 2.18. The van der Waals surface area contributed by atoms with Gasteiger partial charge in [-0.15, -0.1) is 0 Å². The number of aromatic nitrogens is 1. The molecule has 24 heavy (non-hydrogen) atoms. The zero-order chi connectivity index (χ0) is 17.5. The van der Waals surface area contributed by atoms with E-state index in [4.69, 9.17) is 4.74 Å². The Balaban J connectivity index is 1.94. The molecule has 1 aromatic carbocycles. The van der Waals surface area contributed by atoms with E-state index in [1.54, 1.807) is 13.2 Å². The molecule has 0 bridgehead atoms. The van der Waals surface area contributed by atoms with E-state index in [0.29, 0.717) is 30.7 Å². The molecule has 0 spiro atoms. The number of carbonyl (C=O) groups excluding carboxylic acids is 1. The maximum Gasteiger partial charge on any atom is 0.251 e. The summed E-state index contributed by atoms with van der Waals surface area (Å²) in [6.07, 6.45) is 1.65. The summed E-state index contributed by atoms with van der Waals surface area (Å²) in [6, 6.07) is 7.38. The lowest BCUT2D eigenvalue weighted by molar-refractivity contribution is -0.121. The molecule has 0 aliphatic rings. The van der Waals surface area contributed by atoms with Gasteiger partial charge in [0.25, 0.3) is 5.56 Å². The van der Waals surface area contributed by atoms with Crippen LogP contribution in [-0.2, 0) is 11.2 Å². The van der Waals surface area contributed by atoms with Crippen molar-refractivity contribution in [2.75, 3.05) is 34.3 Å². The molecule has 0 atom stereocenters. The van der Waals surface area contributed by atoms with Gasteiger partial charge < -0.3 is 19.9 Å². The molecular weight excluding hydrogens is 306 g/mol. The number of aromatic amines is 1. The Labute approximate surface area is 141 Å². The van der Waals surface area contributed by atoms with Crippen LogP contribution in [0.2, 0.25) is 0 Å². The van der Waals surface area contributed by atoms with Crippen LogP contribution in [0.4, 0.5) is 0 Å². The van der Waals surface area contributed by atoms with Crippen LogP contribution >= 0.6 is 0 Å². The van der Waals surface area contributed by atoms with Gasteiger partial charge in [0, 0.05) is 24.6 Å². The van der Waals surface area contributed by atoms with Gasteiger partial charge in [0.05, 0.1) is 12.6 Å². The molecule has 2 rings (SSSR count). The number of aryl methyl sites for hydroxylation is 1. The van der Waals surface area contributed by atoms with Gasteiger partial charge in [-0.2, -0.15) is 0 Å². The fourth-order valence-electron chi connectivity index (χ4n) is 2.50. The minimum atomic E-state index is -0.156. The van der Waals surface area contributed by atoms with Gasteiger partial charge in [0.1, 0.15) is 5.75 Å². The number of nitrogens with one attached hydrogen (secondary N) is 2. The van der Waals surface area contributed by atoms with Crippen LogP contribution in [0.5, 0.6) is 5.75 Å². The molecule has 6 nitrogen and oxygen atoms in total. The van der Waals surface area contributed by atoms with Crippen molar-refractivity contribution < 1.29 is 9.53 Å². The molecule has 0 radical (unpaired) electrons. The number of pyridine rings is 1. The fraction of sp³-hybridized carbons (Fsp3) is 0.444. The van der Waals surface area contributed by atoms with E-state index >= 15 is 0 Å². The standard InChI is InChI=1S/C18H25N3O3/c1-21(2)10-4-9-19-17(22)8-6-14-11-13-5-7-15(24-3)12-16(13)20-18(14)23/h5,7,11-12H,4,6,8-10H2,1-3H3,(H,19,22)(H,20,23). The SMILES string of the molecule is COc1ccc2cc(CCC(=O)NCCCN(C)C)c(=O)[nH]c2c1. The van der Waals surface area contributed by atoms with E-state index < -0.39 is 0 Å². The normalized spacial score (nSPS) is 11.0. The second-order valence-corrected chi connectivity index (χ2v) is 6.08. The summed E-state index contributed by atoms with van der Waals surface area (Å²) >= 11 is 0. The van der Waals surface area contributed by atoms with E-state index in [1.807, 2.05) is 32.3 Å². The Kier molecular flexibility index (Phi) is 6.37. The third-order valence-corrected chi connectivity index (χ3v) is 3.86. The highest BCUT2D eigenvalue weighted by Gasteiger charge is 2.07. The minimum Gasteiger partial charge on any atom is -0.497 e. The Morgan fingerprint density at radius 1 is 1.29 bits per heavy atom. The number of hydrogen-bond acceptors (Lipinski definition) is 4. The molecule has 0 unspecified atom stereocenters. The summed E-state index contributed by atoms with van der Waals surface area (Å²) in [6.45, 7) is 1.60. The highest BCUT2D eigenvalue weighted by molar-refractivity contribution is 5.81. The molecule has 6 heteroatoms. The van der Waals surface area contributed by atoms with Crippen LogP contribution < -0.4 is 15.6 Å². The van der Waals surface area contributed by atoms with Gasteiger partial charge in [-0.1, -0.05) is 0 Å². The smallest absolute Gasteiger partial charge is 0.251 e. The van der Waals surface area contributed by atoms with Gasteiger partial charge in [-0.3, -0.25) is 9.59 Å². The van der Waals surface area contributed by atoms with E-state index in [2.05, 4.69) is 15.2 Å².